The first kappa shape index (κ1) is 18.5. The molecule has 6 heteroatoms. The molecule has 0 aliphatic carbocycles. The van der Waals surface area contributed by atoms with Crippen LogP contribution in [0.5, 0.6) is 0 Å². The van der Waals surface area contributed by atoms with E-state index in [9.17, 15) is 9.59 Å². The van der Waals surface area contributed by atoms with E-state index in [-0.39, 0.29) is 11.8 Å². The van der Waals surface area contributed by atoms with Crippen molar-refractivity contribution in [3.63, 3.8) is 0 Å². The average molecular weight is 363 g/mol. The van der Waals surface area contributed by atoms with Crippen LogP contribution in [0.15, 0.2) is 54.6 Å². The highest BCUT2D eigenvalue weighted by atomic mass is 16.5. The minimum atomic E-state index is -0.165. The lowest BCUT2D eigenvalue weighted by atomic mass is 10.0. The number of nitrogens with one attached hydrogen (secondary N) is 2. The van der Waals surface area contributed by atoms with Gasteiger partial charge in [-0.25, -0.2) is 4.98 Å². The molecule has 0 radical (unpaired) electrons. The fourth-order valence-corrected chi connectivity index (χ4v) is 2.80. The number of hydrogen-bond acceptors (Lipinski definition) is 4. The number of para-hydroxylation sites is 1. The summed E-state index contributed by atoms with van der Waals surface area (Å²) in [7, 11) is 1.59. The van der Waals surface area contributed by atoms with Crippen molar-refractivity contribution in [2.45, 2.75) is 6.92 Å². The van der Waals surface area contributed by atoms with Gasteiger partial charge in [-0.15, -0.1) is 0 Å². The number of carbonyl (C=O) groups is 2. The summed E-state index contributed by atoms with van der Waals surface area (Å²) in [5.41, 5.74) is 3.58. The van der Waals surface area contributed by atoms with Crippen LogP contribution in [0.4, 0.5) is 5.69 Å². The van der Waals surface area contributed by atoms with E-state index in [1.165, 1.54) is 6.92 Å². The minimum absolute atomic E-state index is 0.124. The summed E-state index contributed by atoms with van der Waals surface area (Å²) in [4.78, 5) is 28.5. The van der Waals surface area contributed by atoms with E-state index in [0.717, 1.165) is 16.5 Å². The van der Waals surface area contributed by atoms with Gasteiger partial charge in [0.2, 0.25) is 5.91 Å². The Morgan fingerprint density at radius 1 is 1.07 bits per heavy atom. The van der Waals surface area contributed by atoms with Crippen LogP contribution in [0.3, 0.4) is 0 Å². The summed E-state index contributed by atoms with van der Waals surface area (Å²) in [6.07, 6.45) is 0. The Balaban J connectivity index is 1.98. The van der Waals surface area contributed by atoms with E-state index < -0.39 is 0 Å². The first-order valence-corrected chi connectivity index (χ1v) is 8.63. The third-order valence-electron chi connectivity index (χ3n) is 4.05. The molecule has 2 amide bonds. The molecule has 27 heavy (non-hydrogen) atoms. The topological polar surface area (TPSA) is 80.3 Å². The number of methoxy groups -OCH3 is 1. The van der Waals surface area contributed by atoms with Gasteiger partial charge in [-0.1, -0.05) is 30.3 Å². The maximum absolute atomic E-state index is 12.7. The molecule has 0 bridgehead atoms. The van der Waals surface area contributed by atoms with E-state index in [1.807, 2.05) is 48.5 Å². The molecule has 0 atom stereocenters. The second-order valence-electron chi connectivity index (χ2n) is 6.08. The molecule has 3 aromatic rings. The molecule has 3 rings (SSSR count). The van der Waals surface area contributed by atoms with Gasteiger partial charge in [0, 0.05) is 37.2 Å². The SMILES string of the molecule is COCCNC(=O)c1cc(-c2ccc(NC(C)=O)cc2)nc2ccccc12. The molecule has 0 fully saturated rings. The zero-order chi connectivity index (χ0) is 19.2. The van der Waals surface area contributed by atoms with E-state index in [0.29, 0.717) is 30.1 Å². The van der Waals surface area contributed by atoms with E-state index in [1.54, 1.807) is 13.2 Å². The third kappa shape index (κ3) is 4.48. The number of anilines is 1. The maximum atomic E-state index is 12.7. The molecule has 0 unspecified atom stereocenters. The van der Waals surface area contributed by atoms with Crippen LogP contribution < -0.4 is 10.6 Å². The quantitative estimate of drug-likeness (QED) is 0.659. The molecule has 0 saturated heterocycles. The number of pyridine rings is 1. The van der Waals surface area contributed by atoms with Crippen molar-refractivity contribution in [2.75, 3.05) is 25.6 Å². The summed E-state index contributed by atoms with van der Waals surface area (Å²) in [5, 5.41) is 6.40. The lowest BCUT2D eigenvalue weighted by molar-refractivity contribution is -0.114. The summed E-state index contributed by atoms with van der Waals surface area (Å²) in [5.74, 6) is -0.289. The average Bonchev–Trinajstić information content (AvgIpc) is 2.67. The number of ether oxygens (including phenoxy) is 1. The number of amides is 2. The van der Waals surface area contributed by atoms with E-state index in [4.69, 9.17) is 4.74 Å². The highest BCUT2D eigenvalue weighted by Gasteiger charge is 2.13. The van der Waals surface area contributed by atoms with Crippen molar-refractivity contribution in [2.24, 2.45) is 0 Å². The Morgan fingerprint density at radius 3 is 2.52 bits per heavy atom. The number of carbonyl (C=O) groups excluding carboxylic acids is 2. The molecule has 1 heterocycles. The number of hydrogen-bond donors (Lipinski definition) is 2. The van der Waals surface area contributed by atoms with Crippen LogP contribution in [0.25, 0.3) is 22.2 Å². The van der Waals surface area contributed by atoms with Crippen molar-refractivity contribution < 1.29 is 14.3 Å². The summed E-state index contributed by atoms with van der Waals surface area (Å²) < 4.78 is 4.99. The van der Waals surface area contributed by atoms with Crippen LogP contribution in [0.1, 0.15) is 17.3 Å². The largest absolute Gasteiger partial charge is 0.383 e. The Morgan fingerprint density at radius 2 is 1.81 bits per heavy atom. The van der Waals surface area contributed by atoms with Crippen LogP contribution in [0, 0.1) is 0 Å². The normalized spacial score (nSPS) is 10.6. The molecule has 0 aliphatic rings. The Labute approximate surface area is 157 Å². The van der Waals surface area contributed by atoms with Gasteiger partial charge >= 0.3 is 0 Å². The lowest BCUT2D eigenvalue weighted by Crippen LogP contribution is -2.27. The van der Waals surface area contributed by atoms with Crippen LogP contribution in [-0.2, 0) is 9.53 Å². The zero-order valence-electron chi connectivity index (χ0n) is 15.3. The first-order chi connectivity index (χ1) is 13.1. The molecule has 0 spiro atoms. The second kappa shape index (κ2) is 8.42. The Kier molecular flexibility index (Phi) is 5.78. The minimum Gasteiger partial charge on any atom is -0.383 e. The molecule has 138 valence electrons. The molecule has 2 N–H and O–H groups in total. The van der Waals surface area contributed by atoms with Crippen LogP contribution >= 0.6 is 0 Å². The first-order valence-electron chi connectivity index (χ1n) is 8.63. The molecule has 0 aliphatic heterocycles. The molecular formula is C21H21N3O3. The Hall–Kier alpha value is -3.25. The van der Waals surface area contributed by atoms with Gasteiger partial charge in [-0.05, 0) is 24.3 Å². The number of fused-ring (bicyclic) bond motifs is 1. The standard InChI is InChI=1S/C21H21N3O3/c1-14(25)23-16-9-7-15(8-10-16)20-13-18(21(26)22-11-12-27-2)17-5-3-4-6-19(17)24-20/h3-10,13H,11-12H2,1-2H3,(H,22,26)(H,23,25). The smallest absolute Gasteiger partial charge is 0.252 e. The van der Waals surface area contributed by atoms with Crippen molar-refractivity contribution in [1.29, 1.82) is 0 Å². The molecule has 0 saturated carbocycles. The summed E-state index contributed by atoms with van der Waals surface area (Å²) in [6.45, 7) is 2.35. The molecule has 2 aromatic carbocycles. The van der Waals surface area contributed by atoms with Gasteiger partial charge in [-0.2, -0.15) is 0 Å². The zero-order valence-corrected chi connectivity index (χ0v) is 15.3. The molecular weight excluding hydrogens is 342 g/mol. The Bertz CT molecular complexity index is 968. The van der Waals surface area contributed by atoms with Crippen molar-refractivity contribution >= 4 is 28.4 Å². The van der Waals surface area contributed by atoms with Crippen molar-refractivity contribution in [1.82, 2.24) is 10.3 Å². The molecule has 6 nitrogen and oxygen atoms in total. The van der Waals surface area contributed by atoms with E-state index in [2.05, 4.69) is 15.6 Å². The highest BCUT2D eigenvalue weighted by Crippen LogP contribution is 2.26. The van der Waals surface area contributed by atoms with Crippen molar-refractivity contribution in [3.05, 3.63) is 60.2 Å². The number of rotatable bonds is 6. The van der Waals surface area contributed by atoms with Gasteiger partial charge in [0.05, 0.1) is 23.4 Å². The van der Waals surface area contributed by atoms with E-state index >= 15 is 0 Å². The second-order valence-corrected chi connectivity index (χ2v) is 6.08. The number of benzene rings is 2. The van der Waals surface area contributed by atoms with Gasteiger partial charge in [0.25, 0.3) is 5.91 Å². The highest BCUT2D eigenvalue weighted by molar-refractivity contribution is 6.07. The summed E-state index contributed by atoms with van der Waals surface area (Å²) >= 11 is 0. The van der Waals surface area contributed by atoms with Crippen LogP contribution in [0.2, 0.25) is 0 Å². The predicted molar refractivity (Wildman–Crippen MR) is 106 cm³/mol. The lowest BCUT2D eigenvalue weighted by Gasteiger charge is -2.11. The summed E-state index contributed by atoms with van der Waals surface area (Å²) in [6, 6.07) is 16.7. The fourth-order valence-electron chi connectivity index (χ4n) is 2.80. The number of aromatic nitrogens is 1. The fraction of sp³-hybridized carbons (Fsp3) is 0.190. The van der Waals surface area contributed by atoms with Gasteiger partial charge < -0.3 is 15.4 Å². The maximum Gasteiger partial charge on any atom is 0.252 e. The predicted octanol–water partition coefficient (Wildman–Crippen LogP) is 3.24. The van der Waals surface area contributed by atoms with Crippen LogP contribution in [-0.4, -0.2) is 37.1 Å². The molecule has 1 aromatic heterocycles. The third-order valence-corrected chi connectivity index (χ3v) is 4.05. The monoisotopic (exact) mass is 363 g/mol. The van der Waals surface area contributed by atoms with Crippen molar-refractivity contribution in [3.8, 4) is 11.3 Å². The number of nitrogens with zero attached hydrogens (tertiary/aromatic N) is 1. The van der Waals surface area contributed by atoms with Gasteiger partial charge in [-0.3, -0.25) is 9.59 Å². The van der Waals surface area contributed by atoms with Gasteiger partial charge in [0.1, 0.15) is 0 Å². The van der Waals surface area contributed by atoms with Gasteiger partial charge in [0.15, 0.2) is 0 Å².